The fourth-order valence-electron chi connectivity index (χ4n) is 4.52. The summed E-state index contributed by atoms with van der Waals surface area (Å²) in [7, 11) is 0. The Morgan fingerprint density at radius 1 is 0.487 bits per heavy atom. The Bertz CT molecular complexity index is 1650. The van der Waals surface area contributed by atoms with Crippen LogP contribution in [0.3, 0.4) is 0 Å². The third-order valence-electron chi connectivity index (χ3n) is 6.67. The van der Waals surface area contributed by atoms with Crippen molar-refractivity contribution in [3.05, 3.63) is 129 Å². The molecule has 0 fully saturated rings. The highest BCUT2D eigenvalue weighted by atomic mass is 32.2. The SMILES string of the molecule is [C-]#[N+]c1cccc(-c2c(SOSc3ccc([N+]#[C-])c(C)c3-c3cccc([N+]#[C-])c3C)ccc([N+]#[C-])c2C)c1C. The molecule has 0 aliphatic heterocycles. The fraction of sp³-hybridized carbons (Fsp3) is 0.125. The van der Waals surface area contributed by atoms with E-state index in [9.17, 15) is 0 Å². The molecule has 0 bridgehead atoms. The van der Waals surface area contributed by atoms with Gasteiger partial charge in [0, 0.05) is 33.9 Å². The molecule has 0 aliphatic rings. The summed E-state index contributed by atoms with van der Waals surface area (Å²) >= 11 is 2.39. The first-order chi connectivity index (χ1) is 18.9. The van der Waals surface area contributed by atoms with Gasteiger partial charge >= 0.3 is 0 Å². The van der Waals surface area contributed by atoms with Crippen molar-refractivity contribution in [2.75, 3.05) is 0 Å². The molecule has 0 aliphatic carbocycles. The zero-order chi connectivity index (χ0) is 28.1. The first-order valence-electron chi connectivity index (χ1n) is 11.8. The van der Waals surface area contributed by atoms with Gasteiger partial charge in [-0.05, 0) is 72.2 Å². The number of hydrogen-bond donors (Lipinski definition) is 0. The summed E-state index contributed by atoms with van der Waals surface area (Å²) in [5, 5.41) is 0. The minimum absolute atomic E-state index is 0.553. The van der Waals surface area contributed by atoms with Crippen LogP contribution < -0.4 is 0 Å². The van der Waals surface area contributed by atoms with Crippen LogP contribution in [0.15, 0.2) is 70.5 Å². The van der Waals surface area contributed by atoms with Gasteiger partial charge in [-0.15, -0.1) is 0 Å². The summed E-state index contributed by atoms with van der Waals surface area (Å²) in [4.78, 5) is 16.3. The van der Waals surface area contributed by atoms with E-state index in [1.807, 2.05) is 64.1 Å². The Hall–Kier alpha value is -4.50. The van der Waals surface area contributed by atoms with Crippen LogP contribution in [0.4, 0.5) is 22.7 Å². The van der Waals surface area contributed by atoms with Crippen molar-refractivity contribution in [1.82, 2.24) is 0 Å². The molecular weight excluding hydrogens is 521 g/mol. The molecule has 0 spiro atoms. The molecule has 39 heavy (non-hydrogen) atoms. The van der Waals surface area contributed by atoms with Gasteiger partial charge in [-0.25, -0.2) is 23.0 Å². The molecule has 4 aromatic rings. The van der Waals surface area contributed by atoms with E-state index in [-0.39, 0.29) is 0 Å². The normalized spacial score (nSPS) is 10.3. The van der Waals surface area contributed by atoms with Crippen molar-refractivity contribution in [1.29, 1.82) is 0 Å². The van der Waals surface area contributed by atoms with Gasteiger partial charge < -0.3 is 0 Å². The summed E-state index contributed by atoms with van der Waals surface area (Å²) in [6, 6.07) is 18.6. The zero-order valence-electron chi connectivity index (χ0n) is 21.8. The number of rotatable bonds is 6. The molecule has 7 heteroatoms. The van der Waals surface area contributed by atoms with Crippen LogP contribution in [0, 0.1) is 54.0 Å². The Labute approximate surface area is 238 Å². The van der Waals surface area contributed by atoms with Crippen molar-refractivity contribution < 1.29 is 3.63 Å². The topological polar surface area (TPSA) is 26.7 Å². The molecule has 0 atom stereocenters. The van der Waals surface area contributed by atoms with E-state index in [1.165, 1.54) is 24.1 Å². The van der Waals surface area contributed by atoms with Gasteiger partial charge in [0.1, 0.15) is 0 Å². The lowest BCUT2D eigenvalue weighted by atomic mass is 9.94. The van der Waals surface area contributed by atoms with Crippen molar-refractivity contribution in [3.8, 4) is 22.3 Å². The van der Waals surface area contributed by atoms with Gasteiger partial charge in [0.05, 0.1) is 26.3 Å². The molecule has 0 aromatic heterocycles. The lowest BCUT2D eigenvalue weighted by Crippen LogP contribution is -1.92. The van der Waals surface area contributed by atoms with E-state index in [4.69, 9.17) is 29.9 Å². The maximum atomic E-state index is 7.60. The van der Waals surface area contributed by atoms with Gasteiger partial charge in [-0.2, -0.15) is 0 Å². The second-order valence-electron chi connectivity index (χ2n) is 8.75. The van der Waals surface area contributed by atoms with E-state index >= 15 is 0 Å². The minimum atomic E-state index is 0.553. The second-order valence-corrected chi connectivity index (χ2v) is 10.5. The quantitative estimate of drug-likeness (QED) is 0.179. The van der Waals surface area contributed by atoms with Crippen molar-refractivity contribution in [3.63, 3.8) is 0 Å². The van der Waals surface area contributed by atoms with Crippen LogP contribution in [0.25, 0.3) is 41.6 Å². The van der Waals surface area contributed by atoms with E-state index in [0.717, 1.165) is 54.3 Å². The van der Waals surface area contributed by atoms with Crippen LogP contribution in [0.5, 0.6) is 0 Å². The van der Waals surface area contributed by atoms with Gasteiger partial charge in [-0.3, -0.25) is 0 Å². The van der Waals surface area contributed by atoms with Crippen molar-refractivity contribution >= 4 is 46.8 Å². The Balaban J connectivity index is 1.75. The average molecular weight is 543 g/mol. The monoisotopic (exact) mass is 542 g/mol. The Morgan fingerprint density at radius 3 is 1.21 bits per heavy atom. The van der Waals surface area contributed by atoms with E-state index < -0.39 is 0 Å². The second kappa shape index (κ2) is 11.9. The molecule has 0 N–H and O–H groups in total. The number of nitrogens with zero attached hydrogens (tertiary/aromatic N) is 4. The number of benzene rings is 4. The van der Waals surface area contributed by atoms with Crippen LogP contribution in [-0.2, 0) is 3.63 Å². The lowest BCUT2D eigenvalue weighted by Gasteiger charge is -2.18. The first kappa shape index (κ1) is 27.5. The van der Waals surface area contributed by atoms with Crippen molar-refractivity contribution in [2.24, 2.45) is 0 Å². The van der Waals surface area contributed by atoms with Crippen LogP contribution in [0.2, 0.25) is 0 Å². The van der Waals surface area contributed by atoms with Gasteiger partial charge in [0.2, 0.25) is 0 Å². The maximum absolute atomic E-state index is 7.60. The zero-order valence-corrected chi connectivity index (χ0v) is 23.4. The lowest BCUT2D eigenvalue weighted by molar-refractivity contribution is 0.757. The van der Waals surface area contributed by atoms with Crippen LogP contribution >= 0.6 is 24.1 Å². The molecule has 4 rings (SSSR count). The summed E-state index contributed by atoms with van der Waals surface area (Å²) in [6.07, 6.45) is 0. The predicted molar refractivity (Wildman–Crippen MR) is 161 cm³/mol. The smallest absolute Gasteiger partial charge is 0.190 e. The maximum Gasteiger partial charge on any atom is 0.190 e. The van der Waals surface area contributed by atoms with Crippen LogP contribution in [-0.4, -0.2) is 0 Å². The molecule has 0 radical (unpaired) electrons. The molecule has 4 aromatic carbocycles. The minimum Gasteiger partial charge on any atom is -0.238 e. The molecule has 0 amide bonds. The Kier molecular flexibility index (Phi) is 8.41. The predicted octanol–water partition coefficient (Wildman–Crippen LogP) is 11.2. The molecule has 0 unspecified atom stereocenters. The molecule has 0 saturated carbocycles. The van der Waals surface area contributed by atoms with E-state index in [0.29, 0.717) is 22.7 Å². The van der Waals surface area contributed by atoms with Crippen LogP contribution in [0.1, 0.15) is 22.3 Å². The highest BCUT2D eigenvalue weighted by Crippen LogP contribution is 2.46. The van der Waals surface area contributed by atoms with E-state index in [1.54, 1.807) is 24.3 Å². The fourth-order valence-corrected chi connectivity index (χ4v) is 6.19. The summed E-state index contributed by atoms with van der Waals surface area (Å²) < 4.78 is 6.14. The number of hydrogen-bond acceptors (Lipinski definition) is 3. The Morgan fingerprint density at radius 2 is 0.846 bits per heavy atom. The third-order valence-corrected chi connectivity index (χ3v) is 8.26. The highest BCUT2D eigenvalue weighted by molar-refractivity contribution is 8.08. The molecule has 188 valence electrons. The standard InChI is InChI=1S/C32H22N4OS2/c1-19-23(11-9-13-25(19)33-5)31-21(3)27(35-7)15-17-29(31)38-37-39-30-18-16-28(36-8)22(4)32(30)24-12-10-14-26(34-6)20(24)2/h9-18H,1-4H3. The van der Waals surface area contributed by atoms with E-state index in [2.05, 4.69) is 19.4 Å². The van der Waals surface area contributed by atoms with Gasteiger partial charge in [-0.1, -0.05) is 60.7 Å². The summed E-state index contributed by atoms with van der Waals surface area (Å²) in [6.45, 7) is 37.9. The largest absolute Gasteiger partial charge is 0.238 e. The molecular formula is C32H22N4OS2. The summed E-state index contributed by atoms with van der Waals surface area (Å²) in [5.41, 5.74) is 9.16. The van der Waals surface area contributed by atoms with Gasteiger partial charge in [0.25, 0.3) is 0 Å². The van der Waals surface area contributed by atoms with Crippen molar-refractivity contribution in [2.45, 2.75) is 37.5 Å². The highest BCUT2D eigenvalue weighted by Gasteiger charge is 2.19. The van der Waals surface area contributed by atoms with Gasteiger partial charge in [0.15, 0.2) is 22.7 Å². The molecule has 5 nitrogen and oxygen atoms in total. The summed E-state index contributed by atoms with van der Waals surface area (Å²) in [5.74, 6) is 0. The molecule has 0 saturated heterocycles. The average Bonchev–Trinajstić information content (AvgIpc) is 2.94. The first-order valence-corrected chi connectivity index (χ1v) is 13.3. The third kappa shape index (κ3) is 5.26. The molecule has 0 heterocycles.